The van der Waals surface area contributed by atoms with Crippen molar-refractivity contribution in [2.75, 3.05) is 9.80 Å². The van der Waals surface area contributed by atoms with Gasteiger partial charge in [0.05, 0.1) is 17.1 Å². The zero-order valence-electron chi connectivity index (χ0n) is 43.2. The summed E-state index contributed by atoms with van der Waals surface area (Å²) >= 11 is 0. The lowest BCUT2D eigenvalue weighted by Gasteiger charge is -2.29. The second kappa shape index (κ2) is 19.3. The van der Waals surface area contributed by atoms with Crippen molar-refractivity contribution in [2.24, 2.45) is 0 Å². The second-order valence-corrected chi connectivity index (χ2v) is 20.3. The molecule has 79 heavy (non-hydrogen) atoms. The predicted octanol–water partition coefficient (Wildman–Crippen LogP) is 21.8. The third-order valence-corrected chi connectivity index (χ3v) is 15.9. The van der Waals surface area contributed by atoms with Crippen molar-refractivity contribution in [2.45, 2.75) is 0 Å². The van der Waals surface area contributed by atoms with E-state index in [-0.39, 0.29) is 0 Å². The maximum Gasteiger partial charge on any atom is 0.138 e. The monoisotopic (exact) mass is 1010 g/mol. The van der Waals surface area contributed by atoms with Crippen molar-refractivity contribution in [3.8, 4) is 44.5 Å². The Morgan fingerprint density at radius 1 is 0.215 bits per heavy atom. The molecule has 15 rings (SSSR count). The van der Waals surface area contributed by atoms with E-state index in [1.165, 1.54) is 49.5 Å². The molecule has 370 valence electrons. The van der Waals surface area contributed by atoms with Gasteiger partial charge in [0.15, 0.2) is 0 Å². The van der Waals surface area contributed by atoms with E-state index in [1.54, 1.807) is 0 Å². The average Bonchev–Trinajstić information content (AvgIpc) is 4.10. The van der Waals surface area contributed by atoms with Crippen LogP contribution in [-0.4, -0.2) is 0 Å². The number of hydrogen-bond donors (Lipinski definition) is 0. The molecule has 0 aliphatic heterocycles. The fourth-order valence-electron chi connectivity index (χ4n) is 12.1. The first-order valence-corrected chi connectivity index (χ1v) is 27.1. The molecule has 0 aliphatic carbocycles. The highest BCUT2D eigenvalue weighted by Crippen LogP contribution is 2.50. The summed E-state index contributed by atoms with van der Waals surface area (Å²) in [5.41, 5.74) is 17.6. The fraction of sp³-hybridized carbons (Fsp3) is 0. The topological polar surface area (TPSA) is 19.6 Å². The highest BCUT2D eigenvalue weighted by Gasteiger charge is 2.25. The summed E-state index contributed by atoms with van der Waals surface area (Å²) in [6, 6.07) is 110. The number of benzene rings is 14. The van der Waals surface area contributed by atoms with Gasteiger partial charge in [0.1, 0.15) is 11.2 Å². The lowest BCUT2D eigenvalue weighted by atomic mass is 9.91. The zero-order valence-corrected chi connectivity index (χ0v) is 43.2. The molecule has 0 amide bonds. The van der Waals surface area contributed by atoms with Gasteiger partial charge in [-0.05, 0) is 126 Å². The van der Waals surface area contributed by atoms with Crippen LogP contribution >= 0.6 is 0 Å². The van der Waals surface area contributed by atoms with Crippen LogP contribution in [0.2, 0.25) is 0 Å². The number of anilines is 6. The summed E-state index contributed by atoms with van der Waals surface area (Å²) in [7, 11) is 0. The Bertz CT molecular complexity index is 4660. The van der Waals surface area contributed by atoms with Gasteiger partial charge < -0.3 is 14.2 Å². The molecule has 0 saturated heterocycles. The number of hydrogen-bond acceptors (Lipinski definition) is 3. The van der Waals surface area contributed by atoms with E-state index >= 15 is 0 Å². The van der Waals surface area contributed by atoms with Crippen LogP contribution in [0.1, 0.15) is 0 Å². The smallest absolute Gasteiger partial charge is 0.138 e. The number of furan rings is 1. The normalized spacial score (nSPS) is 11.5. The van der Waals surface area contributed by atoms with Gasteiger partial charge in [-0.3, -0.25) is 0 Å². The van der Waals surface area contributed by atoms with E-state index in [0.29, 0.717) is 0 Å². The maximum atomic E-state index is 6.91. The number of nitrogens with zero attached hydrogens (tertiary/aromatic N) is 2. The highest BCUT2D eigenvalue weighted by molar-refractivity contribution is 6.29. The molecule has 0 atom stereocenters. The summed E-state index contributed by atoms with van der Waals surface area (Å²) in [5, 5.41) is 11.6. The van der Waals surface area contributed by atoms with Gasteiger partial charge in [-0.1, -0.05) is 243 Å². The highest BCUT2D eigenvalue weighted by atomic mass is 16.3. The Hall–Kier alpha value is -10.5. The molecule has 0 radical (unpaired) electrons. The summed E-state index contributed by atoms with van der Waals surface area (Å²) < 4.78 is 6.91. The summed E-state index contributed by atoms with van der Waals surface area (Å²) in [4.78, 5) is 4.85. The van der Waals surface area contributed by atoms with E-state index in [9.17, 15) is 0 Å². The quantitative estimate of drug-likeness (QED) is 0.136. The van der Waals surface area contributed by atoms with Crippen molar-refractivity contribution in [1.29, 1.82) is 0 Å². The van der Waals surface area contributed by atoms with Crippen LogP contribution in [0.15, 0.2) is 308 Å². The van der Waals surface area contributed by atoms with Crippen LogP contribution in [0.5, 0.6) is 0 Å². The average molecular weight is 1010 g/mol. The van der Waals surface area contributed by atoms with Crippen molar-refractivity contribution in [1.82, 2.24) is 0 Å². The standard InChI is InChI=1S/C76H50N2O/c1-4-18-51(19-5-1)54-32-39-58(40-33-54)77(59-41-34-55(35-42-59)52-20-6-2-7-21-52)70-47-45-64(62-26-12-14-28-66(62)70)65-46-48-71(67-29-15-13-27-63(65)67)78(60-43-36-56(37-44-60)53-22-8-3-9-23-53)72-50-74-76(69-31-17-16-30-68(69)72)75-61-25-11-10-24-57(61)38-49-73(75)79-74/h1-50H. The molecule has 15 aromatic rings. The Labute approximate surface area is 458 Å². The number of rotatable bonds is 10. The first kappa shape index (κ1) is 45.9. The van der Waals surface area contributed by atoms with Gasteiger partial charge in [0.2, 0.25) is 0 Å². The minimum Gasteiger partial charge on any atom is -0.456 e. The SMILES string of the molecule is c1ccc(-c2ccc(N(c3ccc(-c4ccccc4)cc3)c3ccc(-c4ccc(N(c5ccc(-c6ccccc6)cc5)c5cc6oc7ccc8ccccc8c7c6c6ccccc56)c5ccccc45)c4ccccc34)cc2)cc1. The molecule has 1 heterocycles. The Morgan fingerprint density at radius 2 is 0.570 bits per heavy atom. The van der Waals surface area contributed by atoms with Gasteiger partial charge in [-0.25, -0.2) is 0 Å². The summed E-state index contributed by atoms with van der Waals surface area (Å²) in [5.74, 6) is 0. The van der Waals surface area contributed by atoms with Crippen LogP contribution in [0.25, 0.3) is 110 Å². The van der Waals surface area contributed by atoms with Crippen molar-refractivity contribution in [3.63, 3.8) is 0 Å². The predicted molar refractivity (Wildman–Crippen MR) is 335 cm³/mol. The molecule has 3 heteroatoms. The van der Waals surface area contributed by atoms with E-state index in [1.807, 2.05) is 0 Å². The fourth-order valence-corrected chi connectivity index (χ4v) is 12.1. The molecule has 0 saturated carbocycles. The van der Waals surface area contributed by atoms with Crippen molar-refractivity contribution < 1.29 is 4.42 Å². The van der Waals surface area contributed by atoms with E-state index in [2.05, 4.69) is 313 Å². The molecule has 0 unspecified atom stereocenters. The third kappa shape index (κ3) is 7.99. The van der Waals surface area contributed by atoms with Crippen LogP contribution in [-0.2, 0) is 0 Å². The minimum atomic E-state index is 0.853. The summed E-state index contributed by atoms with van der Waals surface area (Å²) in [6.45, 7) is 0. The molecule has 14 aromatic carbocycles. The largest absolute Gasteiger partial charge is 0.456 e. The van der Waals surface area contributed by atoms with Gasteiger partial charge >= 0.3 is 0 Å². The van der Waals surface area contributed by atoms with Crippen LogP contribution in [0.4, 0.5) is 34.1 Å². The second-order valence-electron chi connectivity index (χ2n) is 20.3. The number of fused-ring (bicyclic) bond motifs is 9. The van der Waals surface area contributed by atoms with Crippen LogP contribution in [0.3, 0.4) is 0 Å². The molecule has 0 fully saturated rings. The molecular formula is C76H50N2O. The van der Waals surface area contributed by atoms with Crippen LogP contribution in [0, 0.1) is 0 Å². The van der Waals surface area contributed by atoms with Gasteiger partial charge in [-0.15, -0.1) is 0 Å². The molecule has 3 nitrogen and oxygen atoms in total. The van der Waals surface area contributed by atoms with E-state index in [4.69, 9.17) is 4.42 Å². The first-order chi connectivity index (χ1) is 39.2. The Morgan fingerprint density at radius 3 is 1.05 bits per heavy atom. The molecule has 0 spiro atoms. The molecule has 0 N–H and O–H groups in total. The molecule has 1 aromatic heterocycles. The van der Waals surface area contributed by atoms with Gasteiger partial charge in [-0.2, -0.15) is 0 Å². The zero-order chi connectivity index (χ0) is 52.2. The van der Waals surface area contributed by atoms with Crippen molar-refractivity contribution in [3.05, 3.63) is 303 Å². The molecule has 0 aliphatic rings. The summed E-state index contributed by atoms with van der Waals surface area (Å²) in [6.07, 6.45) is 0. The maximum absolute atomic E-state index is 6.91. The van der Waals surface area contributed by atoms with Gasteiger partial charge in [0.25, 0.3) is 0 Å². The molecular weight excluding hydrogens is 957 g/mol. The van der Waals surface area contributed by atoms with Gasteiger partial charge in [0, 0.05) is 50.1 Å². The van der Waals surface area contributed by atoms with Crippen LogP contribution < -0.4 is 9.80 Å². The first-order valence-electron chi connectivity index (χ1n) is 27.1. The lowest BCUT2D eigenvalue weighted by Crippen LogP contribution is -2.11. The molecule has 0 bridgehead atoms. The minimum absolute atomic E-state index is 0.853. The lowest BCUT2D eigenvalue weighted by molar-refractivity contribution is 0.669. The third-order valence-electron chi connectivity index (χ3n) is 15.9. The van der Waals surface area contributed by atoms with E-state index in [0.717, 1.165) is 94.1 Å². The Kier molecular flexibility index (Phi) is 11.2. The Balaban J connectivity index is 0.909. The van der Waals surface area contributed by atoms with Crippen molar-refractivity contribution >= 4 is 99.2 Å². The van der Waals surface area contributed by atoms with E-state index < -0.39 is 0 Å².